The fraction of sp³-hybridized carbons (Fsp3) is 0.727. The zero-order valence-corrected chi connectivity index (χ0v) is 11.4. The zero-order valence-electron chi connectivity index (χ0n) is 10.6. The van der Waals surface area contributed by atoms with Gasteiger partial charge >= 0.3 is 0 Å². The first-order chi connectivity index (χ1) is 8.59. The van der Waals surface area contributed by atoms with E-state index >= 15 is 0 Å². The molecule has 1 atom stereocenters. The summed E-state index contributed by atoms with van der Waals surface area (Å²) in [7, 11) is -3.45. The van der Waals surface area contributed by atoms with Crippen molar-refractivity contribution in [1.82, 2.24) is 14.5 Å². The highest BCUT2D eigenvalue weighted by atomic mass is 32.2. The molecule has 1 aliphatic rings. The molecule has 0 aliphatic carbocycles. The van der Waals surface area contributed by atoms with E-state index in [1.54, 1.807) is 4.31 Å². The van der Waals surface area contributed by atoms with Crippen LogP contribution in [-0.2, 0) is 16.6 Å². The highest BCUT2D eigenvalue weighted by Crippen LogP contribution is 2.27. The topological polar surface area (TPSA) is 92.1 Å². The summed E-state index contributed by atoms with van der Waals surface area (Å²) in [4.78, 5) is 0. The van der Waals surface area contributed by atoms with Gasteiger partial charge in [0.1, 0.15) is 0 Å². The third-order valence-corrected chi connectivity index (χ3v) is 5.32. The smallest absolute Gasteiger partial charge is 0.260 e. The molecule has 1 saturated heterocycles. The Morgan fingerprint density at radius 1 is 1.61 bits per heavy atom. The summed E-state index contributed by atoms with van der Waals surface area (Å²) in [5.74, 6) is 0.481. The first-order valence-corrected chi connectivity index (χ1v) is 7.76. The summed E-state index contributed by atoms with van der Waals surface area (Å²) >= 11 is 0. The molecule has 0 amide bonds. The average molecular weight is 272 g/mol. The number of hydrogen-bond donors (Lipinski definition) is 2. The number of sulfonamides is 1. The summed E-state index contributed by atoms with van der Waals surface area (Å²) in [5.41, 5.74) is 6.07. The van der Waals surface area contributed by atoms with Gasteiger partial charge in [0.2, 0.25) is 0 Å². The molecule has 2 heterocycles. The molecule has 0 aromatic carbocycles. The lowest BCUT2D eigenvalue weighted by atomic mass is 10.0. The van der Waals surface area contributed by atoms with Gasteiger partial charge in [-0.05, 0) is 18.8 Å². The predicted molar refractivity (Wildman–Crippen MR) is 68.3 cm³/mol. The zero-order chi connectivity index (χ0) is 13.2. The van der Waals surface area contributed by atoms with Crippen LogP contribution < -0.4 is 5.73 Å². The van der Waals surface area contributed by atoms with E-state index in [2.05, 4.69) is 17.1 Å². The Morgan fingerprint density at radius 2 is 2.39 bits per heavy atom. The Morgan fingerprint density at radius 3 is 3.06 bits per heavy atom. The third-order valence-electron chi connectivity index (χ3n) is 3.44. The SMILES string of the molecule is CCCC1CCN(S(=O)(=O)c2[nH]ncc2CN)C1. The first-order valence-electron chi connectivity index (χ1n) is 6.32. The molecule has 1 aromatic heterocycles. The fourth-order valence-corrected chi connectivity index (χ4v) is 4.10. The van der Waals surface area contributed by atoms with E-state index in [1.165, 1.54) is 6.20 Å². The summed E-state index contributed by atoms with van der Waals surface area (Å²) in [6.45, 7) is 3.51. The van der Waals surface area contributed by atoms with Gasteiger partial charge in [-0.15, -0.1) is 0 Å². The minimum atomic E-state index is -3.45. The van der Waals surface area contributed by atoms with E-state index < -0.39 is 10.0 Å². The van der Waals surface area contributed by atoms with Crippen LogP contribution in [0.1, 0.15) is 31.7 Å². The summed E-state index contributed by atoms with van der Waals surface area (Å²) in [6, 6.07) is 0. The van der Waals surface area contributed by atoms with Crippen molar-refractivity contribution in [3.63, 3.8) is 0 Å². The first kappa shape index (κ1) is 13.5. The van der Waals surface area contributed by atoms with Crippen molar-refractivity contribution in [2.45, 2.75) is 37.8 Å². The Labute approximate surface area is 108 Å². The lowest BCUT2D eigenvalue weighted by molar-refractivity contribution is 0.442. The third kappa shape index (κ3) is 2.43. The second-order valence-electron chi connectivity index (χ2n) is 4.73. The van der Waals surface area contributed by atoms with Gasteiger partial charge in [-0.3, -0.25) is 5.10 Å². The number of hydrogen-bond acceptors (Lipinski definition) is 4. The molecular weight excluding hydrogens is 252 g/mol. The van der Waals surface area contributed by atoms with Gasteiger partial charge in [0.15, 0.2) is 5.03 Å². The largest absolute Gasteiger partial charge is 0.326 e. The van der Waals surface area contributed by atoms with Crippen LogP contribution in [0.15, 0.2) is 11.2 Å². The van der Waals surface area contributed by atoms with Gasteiger partial charge in [-0.2, -0.15) is 9.40 Å². The van der Waals surface area contributed by atoms with Gasteiger partial charge in [-0.1, -0.05) is 13.3 Å². The minimum Gasteiger partial charge on any atom is -0.326 e. The Hall–Kier alpha value is -0.920. The van der Waals surface area contributed by atoms with Gasteiger partial charge in [-0.25, -0.2) is 8.42 Å². The molecule has 1 fully saturated rings. The van der Waals surface area contributed by atoms with Gasteiger partial charge in [0.25, 0.3) is 10.0 Å². The lowest BCUT2D eigenvalue weighted by Crippen LogP contribution is -2.30. The number of rotatable bonds is 5. The molecular formula is C11H20N4O2S. The maximum absolute atomic E-state index is 12.4. The molecule has 0 radical (unpaired) electrons. The van der Waals surface area contributed by atoms with Crippen LogP contribution in [-0.4, -0.2) is 36.0 Å². The van der Waals surface area contributed by atoms with Crippen LogP contribution in [0.25, 0.3) is 0 Å². The Kier molecular flexibility index (Phi) is 4.04. The molecule has 1 aliphatic heterocycles. The minimum absolute atomic E-state index is 0.155. The van der Waals surface area contributed by atoms with E-state index in [1.807, 2.05) is 0 Å². The van der Waals surface area contributed by atoms with Crippen LogP contribution >= 0.6 is 0 Å². The second-order valence-corrected chi connectivity index (χ2v) is 6.61. The monoisotopic (exact) mass is 272 g/mol. The Balaban J connectivity index is 2.18. The summed E-state index contributed by atoms with van der Waals surface area (Å²) < 4.78 is 26.4. The highest BCUT2D eigenvalue weighted by Gasteiger charge is 2.34. The maximum Gasteiger partial charge on any atom is 0.260 e. The van der Waals surface area contributed by atoms with Crippen LogP contribution in [0.2, 0.25) is 0 Å². The average Bonchev–Trinajstić information content (AvgIpc) is 2.97. The highest BCUT2D eigenvalue weighted by molar-refractivity contribution is 7.89. The number of H-pyrrole nitrogens is 1. The molecule has 2 rings (SSSR count). The normalized spacial score (nSPS) is 21.6. The molecule has 0 saturated carbocycles. The number of nitrogens with zero attached hydrogens (tertiary/aromatic N) is 2. The molecule has 1 unspecified atom stereocenters. The van der Waals surface area contributed by atoms with E-state index in [0.717, 1.165) is 19.3 Å². The predicted octanol–water partition coefficient (Wildman–Crippen LogP) is 0.679. The number of aromatic amines is 1. The van der Waals surface area contributed by atoms with Crippen LogP contribution in [0.5, 0.6) is 0 Å². The van der Waals surface area contributed by atoms with Crippen molar-refractivity contribution in [3.05, 3.63) is 11.8 Å². The molecule has 7 heteroatoms. The lowest BCUT2D eigenvalue weighted by Gasteiger charge is -2.16. The molecule has 18 heavy (non-hydrogen) atoms. The van der Waals surface area contributed by atoms with Crippen LogP contribution in [0, 0.1) is 5.92 Å². The molecule has 0 spiro atoms. The van der Waals surface area contributed by atoms with E-state index in [9.17, 15) is 8.42 Å². The number of nitrogens with two attached hydrogens (primary N) is 1. The van der Waals surface area contributed by atoms with Crippen LogP contribution in [0.3, 0.4) is 0 Å². The van der Waals surface area contributed by atoms with Crippen molar-refractivity contribution >= 4 is 10.0 Å². The van der Waals surface area contributed by atoms with Crippen molar-refractivity contribution in [3.8, 4) is 0 Å². The molecule has 0 bridgehead atoms. The quantitative estimate of drug-likeness (QED) is 0.824. The van der Waals surface area contributed by atoms with Crippen molar-refractivity contribution in [2.24, 2.45) is 11.7 Å². The molecule has 1 aromatic rings. The van der Waals surface area contributed by atoms with Gasteiger partial charge < -0.3 is 5.73 Å². The number of aromatic nitrogens is 2. The standard InChI is InChI=1S/C11H20N4O2S/c1-2-3-9-4-5-15(8-9)18(16,17)11-10(6-12)7-13-14-11/h7,9H,2-6,8,12H2,1H3,(H,13,14). The molecule has 6 nitrogen and oxygen atoms in total. The summed E-state index contributed by atoms with van der Waals surface area (Å²) in [5, 5.41) is 6.49. The second kappa shape index (κ2) is 5.38. The van der Waals surface area contributed by atoms with Gasteiger partial charge in [0, 0.05) is 25.2 Å². The molecule has 3 N–H and O–H groups in total. The van der Waals surface area contributed by atoms with Gasteiger partial charge in [0.05, 0.1) is 6.20 Å². The summed E-state index contributed by atoms with van der Waals surface area (Å²) in [6.07, 6.45) is 4.60. The van der Waals surface area contributed by atoms with E-state index in [4.69, 9.17) is 5.73 Å². The van der Waals surface area contributed by atoms with Crippen molar-refractivity contribution < 1.29 is 8.42 Å². The molecule has 102 valence electrons. The van der Waals surface area contributed by atoms with Crippen molar-refractivity contribution in [1.29, 1.82) is 0 Å². The fourth-order valence-electron chi connectivity index (χ4n) is 2.46. The van der Waals surface area contributed by atoms with E-state index in [0.29, 0.717) is 24.6 Å². The van der Waals surface area contributed by atoms with E-state index in [-0.39, 0.29) is 11.6 Å². The maximum atomic E-state index is 12.4. The number of nitrogens with one attached hydrogen (secondary N) is 1. The van der Waals surface area contributed by atoms with Crippen LogP contribution in [0.4, 0.5) is 0 Å². The van der Waals surface area contributed by atoms with Crippen molar-refractivity contribution in [2.75, 3.05) is 13.1 Å². The Bertz CT molecular complexity index is 497.